The van der Waals surface area contributed by atoms with Crippen molar-refractivity contribution in [1.29, 1.82) is 0 Å². The largest absolute Gasteiger partial charge is 0.483 e. The highest BCUT2D eigenvalue weighted by Crippen LogP contribution is 2.35. The molecule has 2 amide bonds. The summed E-state index contributed by atoms with van der Waals surface area (Å²) in [5, 5.41) is 0. The number of amides is 2. The molecule has 0 radical (unpaired) electrons. The van der Waals surface area contributed by atoms with Crippen LogP contribution in [0.5, 0.6) is 11.5 Å². The van der Waals surface area contributed by atoms with Crippen molar-refractivity contribution >= 4 is 11.8 Å². The van der Waals surface area contributed by atoms with E-state index in [4.69, 9.17) is 9.47 Å². The number of hydrazine groups is 1. The molecule has 0 atom stereocenters. The SMILES string of the molecule is Cc1cccc(C)c1OCC(=O)NNC(=O)COc1ccc(C(C)(C)C)cc1C(C)(C)C. The molecule has 32 heavy (non-hydrogen) atoms. The number of nitrogens with one attached hydrogen (secondary N) is 2. The molecular weight excluding hydrogens is 404 g/mol. The van der Waals surface area contributed by atoms with Crippen molar-refractivity contribution in [3.63, 3.8) is 0 Å². The number of aryl methyl sites for hydroxylation is 2. The van der Waals surface area contributed by atoms with E-state index in [1.165, 1.54) is 5.56 Å². The summed E-state index contributed by atoms with van der Waals surface area (Å²) in [6.07, 6.45) is 0. The molecule has 0 unspecified atom stereocenters. The van der Waals surface area contributed by atoms with Gasteiger partial charge in [-0.1, -0.05) is 71.9 Å². The summed E-state index contributed by atoms with van der Waals surface area (Å²) in [4.78, 5) is 24.2. The second-order valence-electron chi connectivity index (χ2n) is 10.1. The van der Waals surface area contributed by atoms with Crippen LogP contribution >= 0.6 is 0 Å². The van der Waals surface area contributed by atoms with Gasteiger partial charge in [0.25, 0.3) is 11.8 Å². The molecule has 0 fully saturated rings. The lowest BCUT2D eigenvalue weighted by atomic mass is 9.80. The van der Waals surface area contributed by atoms with Crippen molar-refractivity contribution in [3.8, 4) is 11.5 Å². The number of benzene rings is 2. The molecule has 0 saturated carbocycles. The zero-order valence-electron chi connectivity index (χ0n) is 20.5. The van der Waals surface area contributed by atoms with Crippen LogP contribution in [0.2, 0.25) is 0 Å². The topological polar surface area (TPSA) is 76.7 Å². The van der Waals surface area contributed by atoms with Crippen LogP contribution in [0.4, 0.5) is 0 Å². The van der Waals surface area contributed by atoms with Crippen molar-refractivity contribution in [2.75, 3.05) is 13.2 Å². The summed E-state index contributed by atoms with van der Waals surface area (Å²) in [6, 6.07) is 11.8. The first-order chi connectivity index (χ1) is 14.8. The van der Waals surface area contributed by atoms with Gasteiger partial charge in [0.2, 0.25) is 0 Å². The van der Waals surface area contributed by atoms with Crippen molar-refractivity contribution < 1.29 is 19.1 Å². The van der Waals surface area contributed by atoms with Crippen molar-refractivity contribution in [3.05, 3.63) is 58.7 Å². The third-order valence-electron chi connectivity index (χ3n) is 5.11. The second kappa shape index (κ2) is 10.1. The predicted molar refractivity (Wildman–Crippen MR) is 127 cm³/mol. The first-order valence-electron chi connectivity index (χ1n) is 10.8. The first-order valence-corrected chi connectivity index (χ1v) is 10.8. The normalized spacial score (nSPS) is 11.6. The van der Waals surface area contributed by atoms with Gasteiger partial charge >= 0.3 is 0 Å². The molecule has 2 aromatic carbocycles. The molecule has 0 saturated heterocycles. The number of carbonyl (C=O) groups excluding carboxylic acids is 2. The second-order valence-corrected chi connectivity index (χ2v) is 10.1. The molecule has 6 heteroatoms. The van der Waals surface area contributed by atoms with E-state index in [9.17, 15) is 9.59 Å². The van der Waals surface area contributed by atoms with E-state index in [1.807, 2.05) is 44.2 Å². The Morgan fingerprint density at radius 1 is 0.781 bits per heavy atom. The molecule has 2 N–H and O–H groups in total. The molecular formula is C26H36N2O4. The minimum Gasteiger partial charge on any atom is -0.483 e. The summed E-state index contributed by atoms with van der Waals surface area (Å²) in [6.45, 7) is 16.2. The summed E-state index contributed by atoms with van der Waals surface area (Å²) >= 11 is 0. The highest BCUT2D eigenvalue weighted by molar-refractivity contribution is 5.83. The number of hydrogen-bond donors (Lipinski definition) is 2. The lowest BCUT2D eigenvalue weighted by Gasteiger charge is -2.27. The fourth-order valence-corrected chi connectivity index (χ4v) is 3.23. The zero-order chi connectivity index (χ0) is 24.1. The molecule has 0 heterocycles. The fourth-order valence-electron chi connectivity index (χ4n) is 3.23. The Bertz CT molecular complexity index is 949. The van der Waals surface area contributed by atoms with Gasteiger partial charge in [-0.15, -0.1) is 0 Å². The lowest BCUT2D eigenvalue weighted by Crippen LogP contribution is -2.45. The third kappa shape index (κ3) is 7.01. The average molecular weight is 441 g/mol. The van der Waals surface area contributed by atoms with Gasteiger partial charge in [-0.25, -0.2) is 0 Å². The fraction of sp³-hybridized carbons (Fsp3) is 0.462. The van der Waals surface area contributed by atoms with E-state index in [1.54, 1.807) is 0 Å². The quantitative estimate of drug-likeness (QED) is 0.648. The van der Waals surface area contributed by atoms with Gasteiger partial charge in [0.05, 0.1) is 0 Å². The Morgan fingerprint density at radius 2 is 1.31 bits per heavy atom. The molecule has 0 bridgehead atoms. The number of ether oxygens (including phenoxy) is 2. The molecule has 0 spiro atoms. The maximum atomic E-state index is 12.2. The van der Waals surface area contributed by atoms with E-state index in [-0.39, 0.29) is 24.0 Å². The third-order valence-corrected chi connectivity index (χ3v) is 5.11. The molecule has 6 nitrogen and oxygen atoms in total. The Morgan fingerprint density at radius 3 is 1.81 bits per heavy atom. The molecule has 0 aliphatic heterocycles. The van der Waals surface area contributed by atoms with Gasteiger partial charge in [-0.05, 0) is 53.0 Å². The average Bonchev–Trinajstić information content (AvgIpc) is 2.68. The van der Waals surface area contributed by atoms with E-state index in [0.29, 0.717) is 11.5 Å². The van der Waals surface area contributed by atoms with Gasteiger partial charge in [-0.3, -0.25) is 20.4 Å². The highest BCUT2D eigenvalue weighted by atomic mass is 16.5. The zero-order valence-corrected chi connectivity index (χ0v) is 20.5. The standard InChI is InChI=1S/C26H36N2O4/c1-17-10-9-11-18(2)24(17)32-16-23(30)28-27-22(29)15-31-21-13-12-19(25(3,4)5)14-20(21)26(6,7)8/h9-14H,15-16H2,1-8H3,(H,27,29)(H,28,30). The monoisotopic (exact) mass is 440 g/mol. The van der Waals surface area contributed by atoms with Gasteiger partial charge in [0.15, 0.2) is 13.2 Å². The minimum atomic E-state index is -0.454. The Labute approximate surface area is 191 Å². The van der Waals surface area contributed by atoms with E-state index in [2.05, 4.69) is 58.5 Å². The minimum absolute atomic E-state index is 0.0130. The number of carbonyl (C=O) groups is 2. The van der Waals surface area contributed by atoms with Crippen LogP contribution < -0.4 is 20.3 Å². The molecule has 2 aromatic rings. The Kier molecular flexibility index (Phi) is 7.94. The number of para-hydroxylation sites is 1. The van der Waals surface area contributed by atoms with Crippen LogP contribution in [0.3, 0.4) is 0 Å². The van der Waals surface area contributed by atoms with Crippen molar-refractivity contribution in [1.82, 2.24) is 10.9 Å². The van der Waals surface area contributed by atoms with Gasteiger partial charge in [-0.2, -0.15) is 0 Å². The van der Waals surface area contributed by atoms with Crippen LogP contribution in [0.1, 0.15) is 63.8 Å². The molecule has 0 aliphatic rings. The Balaban J connectivity index is 1.91. The van der Waals surface area contributed by atoms with E-state index < -0.39 is 11.8 Å². The van der Waals surface area contributed by atoms with Crippen molar-refractivity contribution in [2.45, 2.75) is 66.2 Å². The maximum Gasteiger partial charge on any atom is 0.276 e. The molecule has 0 aromatic heterocycles. The number of hydrogen-bond acceptors (Lipinski definition) is 4. The van der Waals surface area contributed by atoms with Crippen LogP contribution in [0.25, 0.3) is 0 Å². The van der Waals surface area contributed by atoms with E-state index in [0.717, 1.165) is 16.7 Å². The Hall–Kier alpha value is -3.02. The predicted octanol–water partition coefficient (Wildman–Crippen LogP) is 4.50. The van der Waals surface area contributed by atoms with Crippen LogP contribution in [-0.4, -0.2) is 25.0 Å². The maximum absolute atomic E-state index is 12.2. The van der Waals surface area contributed by atoms with Gasteiger partial charge in [0, 0.05) is 0 Å². The van der Waals surface area contributed by atoms with Crippen LogP contribution in [-0.2, 0) is 20.4 Å². The lowest BCUT2D eigenvalue weighted by molar-refractivity contribution is -0.131. The molecule has 2 rings (SSSR count). The number of rotatable bonds is 6. The smallest absolute Gasteiger partial charge is 0.276 e. The van der Waals surface area contributed by atoms with Crippen LogP contribution in [0.15, 0.2) is 36.4 Å². The highest BCUT2D eigenvalue weighted by Gasteiger charge is 2.23. The summed E-state index contributed by atoms with van der Waals surface area (Å²) in [5.74, 6) is 0.423. The summed E-state index contributed by atoms with van der Waals surface area (Å²) in [5.41, 5.74) is 8.72. The van der Waals surface area contributed by atoms with E-state index >= 15 is 0 Å². The first kappa shape index (κ1) is 25.2. The summed E-state index contributed by atoms with van der Waals surface area (Å²) in [7, 11) is 0. The summed E-state index contributed by atoms with van der Waals surface area (Å²) < 4.78 is 11.4. The van der Waals surface area contributed by atoms with Crippen LogP contribution in [0, 0.1) is 13.8 Å². The molecule has 0 aliphatic carbocycles. The van der Waals surface area contributed by atoms with Gasteiger partial charge in [0.1, 0.15) is 11.5 Å². The van der Waals surface area contributed by atoms with Gasteiger partial charge < -0.3 is 9.47 Å². The molecule has 174 valence electrons. The van der Waals surface area contributed by atoms with Crippen molar-refractivity contribution in [2.24, 2.45) is 0 Å².